The average Bonchev–Trinajstić information content (AvgIpc) is 3.08. The number of benzene rings is 2. The largest absolute Gasteiger partial charge is 0.292 e. The van der Waals surface area contributed by atoms with E-state index in [9.17, 15) is 29.3 Å². The van der Waals surface area contributed by atoms with Gasteiger partial charge in [-0.25, -0.2) is 5.01 Å². The van der Waals surface area contributed by atoms with Gasteiger partial charge in [-0.05, 0) is 24.5 Å². The Labute approximate surface area is 199 Å². The van der Waals surface area contributed by atoms with Gasteiger partial charge in [0.05, 0.1) is 27.3 Å². The van der Waals surface area contributed by atoms with E-state index in [2.05, 4.69) is 0 Å². The third kappa shape index (κ3) is 4.10. The quantitative estimate of drug-likeness (QED) is 0.204. The number of hydrazine groups is 1. The average molecular weight is 482 g/mol. The standard InChI is InChI=1S/C24H20ClN3O6/c1-14-6-4-10-18-21(14)24(32)27(23(18)31)26(22(30)17-9-2-3-11-19(17)25)13-20(29)15-7-5-8-16(12-15)28(33)34/h2-9,11-12,14,18,21H,10,13H2,1H3/t14-,18-,21+/m1/s1. The van der Waals surface area contributed by atoms with Gasteiger partial charge in [0.25, 0.3) is 23.4 Å². The Bertz CT molecular complexity index is 1240. The number of nitro groups is 1. The molecular weight excluding hydrogens is 462 g/mol. The molecule has 3 atom stereocenters. The van der Waals surface area contributed by atoms with Gasteiger partial charge in [-0.15, -0.1) is 0 Å². The molecule has 0 aromatic heterocycles. The second-order valence-corrected chi connectivity index (χ2v) is 8.62. The first-order valence-electron chi connectivity index (χ1n) is 10.6. The lowest BCUT2D eigenvalue weighted by molar-refractivity contribution is -0.384. The maximum atomic E-state index is 13.5. The zero-order valence-electron chi connectivity index (χ0n) is 18.1. The number of rotatable bonds is 6. The van der Waals surface area contributed by atoms with E-state index in [0.29, 0.717) is 6.42 Å². The summed E-state index contributed by atoms with van der Waals surface area (Å²) in [6.45, 7) is 1.14. The molecule has 9 nitrogen and oxygen atoms in total. The minimum Gasteiger partial charge on any atom is -0.292 e. The molecule has 1 aliphatic carbocycles. The Morgan fingerprint density at radius 2 is 1.88 bits per heavy atom. The minimum atomic E-state index is -0.801. The summed E-state index contributed by atoms with van der Waals surface area (Å²) in [4.78, 5) is 63.6. The van der Waals surface area contributed by atoms with Crippen LogP contribution in [0, 0.1) is 27.9 Å². The first kappa shape index (κ1) is 23.3. The summed E-state index contributed by atoms with van der Waals surface area (Å²) in [6.07, 6.45) is 4.03. The van der Waals surface area contributed by atoms with Gasteiger partial charge in [0, 0.05) is 17.7 Å². The van der Waals surface area contributed by atoms with Gasteiger partial charge in [-0.1, -0.05) is 54.9 Å². The van der Waals surface area contributed by atoms with Gasteiger partial charge in [0.1, 0.15) is 6.54 Å². The Kier molecular flexibility index (Phi) is 6.30. The molecule has 3 amide bonds. The van der Waals surface area contributed by atoms with Crippen LogP contribution in [0.2, 0.25) is 5.02 Å². The molecule has 174 valence electrons. The summed E-state index contributed by atoms with van der Waals surface area (Å²) in [5.74, 6) is -4.12. The van der Waals surface area contributed by atoms with Crippen molar-refractivity contribution in [1.82, 2.24) is 10.0 Å². The topological polar surface area (TPSA) is 118 Å². The Hall–Kier alpha value is -3.85. The molecule has 2 aliphatic rings. The van der Waals surface area contributed by atoms with Gasteiger partial charge in [-0.3, -0.25) is 29.3 Å². The van der Waals surface area contributed by atoms with Crippen LogP contribution in [-0.4, -0.2) is 45.0 Å². The molecule has 2 aromatic carbocycles. The third-order valence-corrected chi connectivity index (χ3v) is 6.43. The predicted octanol–water partition coefficient (Wildman–Crippen LogP) is 3.69. The smallest absolute Gasteiger partial charge is 0.274 e. The zero-order valence-corrected chi connectivity index (χ0v) is 18.8. The van der Waals surface area contributed by atoms with E-state index in [1.807, 2.05) is 19.1 Å². The molecule has 1 saturated heterocycles. The monoisotopic (exact) mass is 481 g/mol. The molecule has 1 fully saturated rings. The fourth-order valence-corrected chi connectivity index (χ4v) is 4.61. The van der Waals surface area contributed by atoms with E-state index in [-0.39, 0.29) is 27.8 Å². The van der Waals surface area contributed by atoms with Gasteiger partial charge in [0.2, 0.25) is 0 Å². The highest BCUT2D eigenvalue weighted by Crippen LogP contribution is 2.39. The second-order valence-electron chi connectivity index (χ2n) is 8.22. The maximum absolute atomic E-state index is 13.5. The molecule has 0 unspecified atom stereocenters. The number of hydrogen-bond donors (Lipinski definition) is 0. The van der Waals surface area contributed by atoms with Crippen molar-refractivity contribution in [2.75, 3.05) is 6.54 Å². The number of halogens is 1. The van der Waals surface area contributed by atoms with Gasteiger partial charge < -0.3 is 0 Å². The number of carbonyl (C=O) groups is 4. The summed E-state index contributed by atoms with van der Waals surface area (Å²) in [6, 6.07) is 11.1. The van der Waals surface area contributed by atoms with Crippen LogP contribution in [0.25, 0.3) is 0 Å². The normalized spacial score (nSPS) is 21.4. The first-order valence-corrected chi connectivity index (χ1v) is 11.0. The molecule has 1 aliphatic heterocycles. The third-order valence-electron chi connectivity index (χ3n) is 6.10. The van der Waals surface area contributed by atoms with Crippen molar-refractivity contribution in [3.05, 3.63) is 86.9 Å². The van der Waals surface area contributed by atoms with Crippen LogP contribution in [0.4, 0.5) is 5.69 Å². The summed E-state index contributed by atoms with van der Waals surface area (Å²) in [5, 5.41) is 12.8. The number of carbonyl (C=O) groups excluding carboxylic acids is 4. The number of imide groups is 1. The molecule has 1 heterocycles. The Morgan fingerprint density at radius 1 is 1.15 bits per heavy atom. The molecule has 0 bridgehead atoms. The highest BCUT2D eigenvalue weighted by atomic mass is 35.5. The predicted molar refractivity (Wildman–Crippen MR) is 122 cm³/mol. The second kappa shape index (κ2) is 9.18. The highest BCUT2D eigenvalue weighted by molar-refractivity contribution is 6.34. The van der Waals surface area contributed by atoms with Crippen LogP contribution >= 0.6 is 11.6 Å². The summed E-state index contributed by atoms with van der Waals surface area (Å²) in [5.41, 5.74) is -0.315. The van der Waals surface area contributed by atoms with Crippen LogP contribution < -0.4 is 0 Å². The van der Waals surface area contributed by atoms with E-state index in [0.717, 1.165) is 16.1 Å². The lowest BCUT2D eigenvalue weighted by atomic mass is 9.78. The zero-order chi connectivity index (χ0) is 24.6. The van der Waals surface area contributed by atoms with Gasteiger partial charge in [-0.2, -0.15) is 5.01 Å². The van der Waals surface area contributed by atoms with Crippen molar-refractivity contribution >= 4 is 40.8 Å². The number of hydrogen-bond acceptors (Lipinski definition) is 6. The van der Waals surface area contributed by atoms with Crippen LogP contribution in [0.3, 0.4) is 0 Å². The van der Waals surface area contributed by atoms with Crippen molar-refractivity contribution in [3.8, 4) is 0 Å². The van der Waals surface area contributed by atoms with Gasteiger partial charge in [0.15, 0.2) is 5.78 Å². The summed E-state index contributed by atoms with van der Waals surface area (Å²) >= 11 is 6.19. The number of non-ortho nitro benzene ring substituents is 1. The Balaban J connectivity index is 1.73. The van der Waals surface area contributed by atoms with Crippen LogP contribution in [-0.2, 0) is 9.59 Å². The maximum Gasteiger partial charge on any atom is 0.274 e. The summed E-state index contributed by atoms with van der Waals surface area (Å²) in [7, 11) is 0. The molecule has 10 heteroatoms. The van der Waals surface area contributed by atoms with Crippen LogP contribution in [0.1, 0.15) is 34.1 Å². The molecule has 4 rings (SSSR count). The number of nitro benzene ring substituents is 1. The van der Waals surface area contributed by atoms with E-state index in [1.165, 1.54) is 30.3 Å². The van der Waals surface area contributed by atoms with Gasteiger partial charge >= 0.3 is 0 Å². The van der Waals surface area contributed by atoms with Crippen molar-refractivity contribution in [2.24, 2.45) is 17.8 Å². The number of Topliss-reactive ketones (excluding diaryl/α,β-unsaturated/α-hetero) is 1. The molecule has 0 saturated carbocycles. The van der Waals surface area contributed by atoms with E-state index in [4.69, 9.17) is 11.6 Å². The number of nitrogens with zero attached hydrogens (tertiary/aromatic N) is 3. The van der Waals surface area contributed by atoms with Crippen molar-refractivity contribution < 1.29 is 24.1 Å². The van der Waals surface area contributed by atoms with Crippen molar-refractivity contribution in [3.63, 3.8) is 0 Å². The van der Waals surface area contributed by atoms with E-state index < -0.39 is 46.8 Å². The number of allylic oxidation sites excluding steroid dienone is 2. The number of ketones is 1. The van der Waals surface area contributed by atoms with E-state index in [1.54, 1.807) is 12.1 Å². The minimum absolute atomic E-state index is 0.0117. The fourth-order valence-electron chi connectivity index (χ4n) is 4.40. The Morgan fingerprint density at radius 3 is 2.56 bits per heavy atom. The van der Waals surface area contributed by atoms with Crippen molar-refractivity contribution in [2.45, 2.75) is 13.3 Å². The van der Waals surface area contributed by atoms with Crippen LogP contribution in [0.5, 0.6) is 0 Å². The molecule has 2 aromatic rings. The first-order chi connectivity index (χ1) is 16.2. The summed E-state index contributed by atoms with van der Waals surface area (Å²) < 4.78 is 0. The molecule has 0 radical (unpaired) electrons. The van der Waals surface area contributed by atoms with E-state index >= 15 is 0 Å². The molecule has 34 heavy (non-hydrogen) atoms. The van der Waals surface area contributed by atoms with Crippen molar-refractivity contribution in [1.29, 1.82) is 0 Å². The fraction of sp³-hybridized carbons (Fsp3) is 0.250. The molecule has 0 N–H and O–H groups in total. The van der Waals surface area contributed by atoms with Crippen LogP contribution in [0.15, 0.2) is 60.7 Å². The SMILES string of the molecule is C[C@@H]1C=CC[C@H]2C(=O)N(N(CC(=O)c3cccc([N+](=O)[O-])c3)C(=O)c3ccccc3Cl)C(=O)[C@@H]12. The highest BCUT2D eigenvalue weighted by Gasteiger charge is 2.53. The molecular formula is C24H20ClN3O6. The number of fused-ring (bicyclic) bond motifs is 1. The number of amides is 3. The molecule has 0 spiro atoms. The lowest BCUT2D eigenvalue weighted by Crippen LogP contribution is -2.52. The lowest BCUT2D eigenvalue weighted by Gasteiger charge is -2.30.